The van der Waals surface area contributed by atoms with Gasteiger partial charge in [0.2, 0.25) is 0 Å². The lowest BCUT2D eigenvalue weighted by molar-refractivity contribution is 0.0736. The van der Waals surface area contributed by atoms with Crippen LogP contribution in [0, 0.1) is 11.8 Å². The normalized spacial score (nSPS) is 12.7. The van der Waals surface area contributed by atoms with Crippen molar-refractivity contribution in [2.45, 2.75) is 13.0 Å². The number of thiophene rings is 1. The first-order valence-electron chi connectivity index (χ1n) is 8.70. The molecule has 0 atom stereocenters. The third kappa shape index (κ3) is 3.71. The SMILES string of the molecule is COc1ccc(C(=O)N2CCc3sccc3C2)cc1C#Cc1ccccn1. The summed E-state index contributed by atoms with van der Waals surface area (Å²) >= 11 is 1.77. The number of amides is 1. The molecule has 0 aliphatic carbocycles. The average molecular weight is 374 g/mol. The number of carbonyl (C=O) groups excluding carboxylic acids is 1. The van der Waals surface area contributed by atoms with Crippen LogP contribution >= 0.6 is 11.3 Å². The van der Waals surface area contributed by atoms with E-state index in [1.807, 2.05) is 23.1 Å². The summed E-state index contributed by atoms with van der Waals surface area (Å²) in [6, 6.07) is 13.1. The largest absolute Gasteiger partial charge is 0.495 e. The number of nitrogens with zero attached hydrogens (tertiary/aromatic N) is 2. The maximum atomic E-state index is 13.0. The number of rotatable bonds is 2. The lowest BCUT2D eigenvalue weighted by Crippen LogP contribution is -2.35. The van der Waals surface area contributed by atoms with E-state index in [0.717, 1.165) is 13.0 Å². The van der Waals surface area contributed by atoms with Gasteiger partial charge in [0.1, 0.15) is 11.4 Å². The Morgan fingerprint density at radius 3 is 2.96 bits per heavy atom. The number of carbonyl (C=O) groups is 1. The number of methoxy groups -OCH3 is 1. The predicted molar refractivity (Wildman–Crippen MR) is 106 cm³/mol. The molecule has 1 aliphatic heterocycles. The van der Waals surface area contributed by atoms with E-state index in [2.05, 4.69) is 28.3 Å². The Bertz CT molecular complexity index is 1030. The fraction of sp³-hybridized carbons (Fsp3) is 0.182. The molecule has 4 rings (SSSR count). The van der Waals surface area contributed by atoms with Crippen LogP contribution in [0.1, 0.15) is 32.1 Å². The van der Waals surface area contributed by atoms with E-state index in [9.17, 15) is 4.79 Å². The van der Waals surface area contributed by atoms with E-state index in [4.69, 9.17) is 4.74 Å². The van der Waals surface area contributed by atoms with Gasteiger partial charge < -0.3 is 9.64 Å². The zero-order valence-corrected chi connectivity index (χ0v) is 15.8. The van der Waals surface area contributed by atoms with Gasteiger partial charge in [-0.25, -0.2) is 4.98 Å². The maximum Gasteiger partial charge on any atom is 0.254 e. The molecule has 0 N–H and O–H groups in total. The Labute approximate surface area is 162 Å². The number of hydrogen-bond donors (Lipinski definition) is 0. The molecule has 0 bridgehead atoms. The fourth-order valence-corrected chi connectivity index (χ4v) is 4.00. The molecule has 1 aliphatic rings. The summed E-state index contributed by atoms with van der Waals surface area (Å²) in [5.41, 5.74) is 3.24. The highest BCUT2D eigenvalue weighted by molar-refractivity contribution is 7.10. The summed E-state index contributed by atoms with van der Waals surface area (Å²) in [5, 5.41) is 2.09. The highest BCUT2D eigenvalue weighted by atomic mass is 32.1. The number of fused-ring (bicyclic) bond motifs is 1. The van der Waals surface area contributed by atoms with Gasteiger partial charge in [-0.2, -0.15) is 0 Å². The zero-order chi connectivity index (χ0) is 18.6. The molecule has 2 aromatic heterocycles. The van der Waals surface area contributed by atoms with E-state index >= 15 is 0 Å². The molecule has 0 saturated carbocycles. The minimum atomic E-state index is 0.0235. The fourth-order valence-electron chi connectivity index (χ4n) is 3.11. The summed E-state index contributed by atoms with van der Waals surface area (Å²) in [6.07, 6.45) is 2.62. The molecule has 1 amide bonds. The Morgan fingerprint density at radius 1 is 1.22 bits per heavy atom. The summed E-state index contributed by atoms with van der Waals surface area (Å²) < 4.78 is 5.40. The second-order valence-electron chi connectivity index (χ2n) is 6.23. The lowest BCUT2D eigenvalue weighted by Gasteiger charge is -2.27. The van der Waals surface area contributed by atoms with Crippen molar-refractivity contribution in [1.82, 2.24) is 9.88 Å². The first-order valence-corrected chi connectivity index (χ1v) is 9.58. The highest BCUT2D eigenvalue weighted by Gasteiger charge is 2.23. The molecule has 0 fully saturated rings. The van der Waals surface area contributed by atoms with E-state index in [1.165, 1.54) is 10.4 Å². The van der Waals surface area contributed by atoms with Gasteiger partial charge in [0.25, 0.3) is 5.91 Å². The van der Waals surface area contributed by atoms with Gasteiger partial charge in [-0.3, -0.25) is 4.79 Å². The van der Waals surface area contributed by atoms with Crippen LogP contribution in [0.4, 0.5) is 0 Å². The molecule has 3 aromatic rings. The topological polar surface area (TPSA) is 42.4 Å². The van der Waals surface area contributed by atoms with Crippen molar-refractivity contribution < 1.29 is 9.53 Å². The molecule has 0 saturated heterocycles. The van der Waals surface area contributed by atoms with E-state index in [1.54, 1.807) is 42.8 Å². The van der Waals surface area contributed by atoms with E-state index in [-0.39, 0.29) is 5.91 Å². The van der Waals surface area contributed by atoms with Gasteiger partial charge in [-0.1, -0.05) is 12.0 Å². The van der Waals surface area contributed by atoms with Gasteiger partial charge >= 0.3 is 0 Å². The van der Waals surface area contributed by atoms with Crippen LogP contribution in [0.3, 0.4) is 0 Å². The molecule has 0 spiro atoms. The second kappa shape index (κ2) is 7.65. The Kier molecular flexibility index (Phi) is 4.91. The monoisotopic (exact) mass is 374 g/mol. The minimum absolute atomic E-state index is 0.0235. The van der Waals surface area contributed by atoms with Crippen LogP contribution in [-0.2, 0) is 13.0 Å². The average Bonchev–Trinajstić information content (AvgIpc) is 3.20. The molecule has 27 heavy (non-hydrogen) atoms. The molecule has 4 nitrogen and oxygen atoms in total. The van der Waals surface area contributed by atoms with Gasteiger partial charge in [-0.15, -0.1) is 11.3 Å². The van der Waals surface area contributed by atoms with Crippen LogP contribution in [0.5, 0.6) is 5.75 Å². The van der Waals surface area contributed by atoms with Gasteiger partial charge in [0, 0.05) is 29.7 Å². The second-order valence-corrected chi connectivity index (χ2v) is 7.23. The Morgan fingerprint density at radius 2 is 2.15 bits per heavy atom. The zero-order valence-electron chi connectivity index (χ0n) is 14.9. The van der Waals surface area contributed by atoms with E-state index < -0.39 is 0 Å². The maximum absolute atomic E-state index is 13.0. The smallest absolute Gasteiger partial charge is 0.254 e. The predicted octanol–water partition coefficient (Wildman–Crippen LogP) is 3.75. The quantitative estimate of drug-likeness (QED) is 0.642. The van der Waals surface area contributed by atoms with E-state index in [0.29, 0.717) is 29.1 Å². The van der Waals surface area contributed by atoms with Crippen molar-refractivity contribution in [2.75, 3.05) is 13.7 Å². The number of ether oxygens (including phenoxy) is 1. The number of aromatic nitrogens is 1. The number of hydrogen-bond acceptors (Lipinski definition) is 4. The number of benzene rings is 1. The first kappa shape index (κ1) is 17.3. The van der Waals surface area contributed by atoms with Crippen molar-refractivity contribution in [3.05, 3.63) is 81.3 Å². The molecule has 134 valence electrons. The molecular weight excluding hydrogens is 356 g/mol. The van der Waals surface area contributed by atoms with Crippen LogP contribution in [-0.4, -0.2) is 29.4 Å². The first-order chi connectivity index (χ1) is 13.2. The molecule has 0 unspecified atom stereocenters. The molecule has 5 heteroatoms. The van der Waals surface area contributed by atoms with Crippen molar-refractivity contribution >= 4 is 17.2 Å². The number of pyridine rings is 1. The van der Waals surface area contributed by atoms with Crippen LogP contribution in [0.15, 0.2) is 54.0 Å². The third-order valence-corrected chi connectivity index (χ3v) is 5.55. The van der Waals surface area contributed by atoms with Crippen molar-refractivity contribution in [3.8, 4) is 17.6 Å². The Hall–Kier alpha value is -3.10. The molecular formula is C22H18N2O2S. The molecule has 0 radical (unpaired) electrons. The van der Waals surface area contributed by atoms with Crippen LogP contribution in [0.2, 0.25) is 0 Å². The van der Waals surface area contributed by atoms with Crippen molar-refractivity contribution in [1.29, 1.82) is 0 Å². The van der Waals surface area contributed by atoms with Gasteiger partial charge in [0.05, 0.1) is 12.7 Å². The Balaban J connectivity index is 1.61. The summed E-state index contributed by atoms with van der Waals surface area (Å²) in [5.74, 6) is 6.78. The summed E-state index contributed by atoms with van der Waals surface area (Å²) in [4.78, 5) is 20.5. The van der Waals surface area contributed by atoms with Crippen LogP contribution in [0.25, 0.3) is 0 Å². The third-order valence-electron chi connectivity index (χ3n) is 4.53. The van der Waals surface area contributed by atoms with Crippen LogP contribution < -0.4 is 4.74 Å². The van der Waals surface area contributed by atoms with Gasteiger partial charge in [-0.05, 0) is 59.7 Å². The summed E-state index contributed by atoms with van der Waals surface area (Å²) in [6.45, 7) is 1.41. The lowest BCUT2D eigenvalue weighted by atomic mass is 10.1. The minimum Gasteiger partial charge on any atom is -0.495 e. The van der Waals surface area contributed by atoms with Gasteiger partial charge in [0.15, 0.2) is 0 Å². The molecule has 3 heterocycles. The molecule has 1 aromatic carbocycles. The summed E-state index contributed by atoms with van der Waals surface area (Å²) in [7, 11) is 1.60. The standard InChI is InChI=1S/C22H18N2O2S/c1-26-20-8-6-17(14-16(20)5-7-19-4-2-3-11-23-19)22(25)24-12-9-21-18(15-24)10-13-27-21/h2-4,6,8,10-11,13-14H,9,12,15H2,1H3. The van der Waals surface area contributed by atoms with Crippen molar-refractivity contribution in [2.24, 2.45) is 0 Å². The van der Waals surface area contributed by atoms with Crippen molar-refractivity contribution in [3.63, 3.8) is 0 Å². The highest BCUT2D eigenvalue weighted by Crippen LogP contribution is 2.26.